The summed E-state index contributed by atoms with van der Waals surface area (Å²) in [7, 11) is 1.66. The van der Waals surface area contributed by atoms with Crippen molar-refractivity contribution in [3.05, 3.63) is 0 Å². The van der Waals surface area contributed by atoms with Crippen LogP contribution in [0, 0.1) is 0 Å². The normalized spacial score (nSPS) is 22.3. The zero-order valence-electron chi connectivity index (χ0n) is 8.02. The van der Waals surface area contributed by atoms with Crippen LogP contribution >= 0.6 is 0 Å². The van der Waals surface area contributed by atoms with Crippen molar-refractivity contribution in [3.8, 4) is 0 Å². The van der Waals surface area contributed by atoms with E-state index in [1.807, 2.05) is 13.8 Å². The predicted molar refractivity (Wildman–Crippen MR) is 49.3 cm³/mol. The SMILES string of the molecule is BC(C)(O)C(O)(CC)CCC. The maximum atomic E-state index is 9.91. The molecule has 2 N–H and O–H groups in total. The first-order valence-electron chi connectivity index (χ1n) is 4.32. The maximum absolute atomic E-state index is 9.91. The Morgan fingerprint density at radius 3 is 1.82 bits per heavy atom. The number of rotatable bonds is 4. The monoisotopic (exact) mass is 158 g/mol. The fraction of sp³-hybridized carbons (Fsp3) is 1.00. The smallest absolute Gasteiger partial charge is 0.146 e. The molecule has 0 amide bonds. The van der Waals surface area contributed by atoms with E-state index in [0.29, 0.717) is 12.8 Å². The van der Waals surface area contributed by atoms with Crippen LogP contribution in [0.25, 0.3) is 0 Å². The molecule has 0 aromatic heterocycles. The van der Waals surface area contributed by atoms with E-state index < -0.39 is 11.1 Å². The van der Waals surface area contributed by atoms with Crippen LogP contribution in [0.5, 0.6) is 0 Å². The van der Waals surface area contributed by atoms with Gasteiger partial charge in [-0.05, 0) is 19.8 Å². The Morgan fingerprint density at radius 1 is 1.27 bits per heavy atom. The molecule has 0 aromatic rings. The van der Waals surface area contributed by atoms with Crippen LogP contribution in [-0.2, 0) is 0 Å². The minimum absolute atomic E-state index is 0.602. The van der Waals surface area contributed by atoms with Crippen LogP contribution in [0.15, 0.2) is 0 Å². The van der Waals surface area contributed by atoms with Crippen molar-refractivity contribution in [2.24, 2.45) is 0 Å². The summed E-state index contributed by atoms with van der Waals surface area (Å²) in [4.78, 5) is 0. The standard InChI is InChI=1S/C8H19BO2/c1-4-6-8(11,5-2)7(3,9)10/h10-11H,4-6,9H2,1-3H3. The van der Waals surface area contributed by atoms with Crippen LogP contribution < -0.4 is 0 Å². The molecule has 11 heavy (non-hydrogen) atoms. The van der Waals surface area contributed by atoms with Crippen LogP contribution in [0.4, 0.5) is 0 Å². The van der Waals surface area contributed by atoms with E-state index in [0.717, 1.165) is 6.42 Å². The van der Waals surface area contributed by atoms with Gasteiger partial charge in [0, 0.05) is 0 Å². The van der Waals surface area contributed by atoms with E-state index in [2.05, 4.69) is 0 Å². The zero-order chi connectivity index (χ0) is 9.12. The second-order valence-electron chi connectivity index (χ2n) is 3.69. The zero-order valence-corrected chi connectivity index (χ0v) is 8.02. The van der Waals surface area contributed by atoms with Gasteiger partial charge in [-0.15, -0.1) is 0 Å². The Labute approximate surface area is 70.0 Å². The van der Waals surface area contributed by atoms with Gasteiger partial charge in [0.1, 0.15) is 7.85 Å². The van der Waals surface area contributed by atoms with Gasteiger partial charge in [0.2, 0.25) is 0 Å². The van der Waals surface area contributed by atoms with E-state index in [-0.39, 0.29) is 0 Å². The molecule has 0 aliphatic rings. The lowest BCUT2D eigenvalue weighted by Gasteiger charge is -2.38. The van der Waals surface area contributed by atoms with E-state index in [4.69, 9.17) is 0 Å². The van der Waals surface area contributed by atoms with E-state index in [1.54, 1.807) is 14.8 Å². The van der Waals surface area contributed by atoms with Gasteiger partial charge in [0.15, 0.2) is 0 Å². The van der Waals surface area contributed by atoms with Gasteiger partial charge >= 0.3 is 0 Å². The van der Waals surface area contributed by atoms with Gasteiger partial charge in [-0.3, -0.25) is 0 Å². The van der Waals surface area contributed by atoms with E-state index in [9.17, 15) is 10.2 Å². The second-order valence-corrected chi connectivity index (χ2v) is 3.69. The Morgan fingerprint density at radius 2 is 1.73 bits per heavy atom. The Balaban J connectivity index is 4.33. The van der Waals surface area contributed by atoms with Gasteiger partial charge in [0.05, 0.1) is 11.1 Å². The highest BCUT2D eigenvalue weighted by atomic mass is 16.3. The average molecular weight is 158 g/mol. The molecule has 0 saturated heterocycles. The quantitative estimate of drug-likeness (QED) is 0.576. The molecule has 2 nitrogen and oxygen atoms in total. The highest BCUT2D eigenvalue weighted by molar-refractivity contribution is 6.14. The Bertz CT molecular complexity index is 120. The minimum Gasteiger partial charge on any atom is -0.396 e. The first kappa shape index (κ1) is 11.0. The second kappa shape index (κ2) is 3.59. The van der Waals surface area contributed by atoms with Crippen LogP contribution in [0.1, 0.15) is 40.0 Å². The van der Waals surface area contributed by atoms with E-state index >= 15 is 0 Å². The molecule has 0 fully saturated rings. The maximum Gasteiger partial charge on any atom is 0.146 e. The van der Waals surface area contributed by atoms with Crippen molar-refractivity contribution in [1.82, 2.24) is 0 Å². The summed E-state index contributed by atoms with van der Waals surface area (Å²) in [5.74, 6) is 0. The third-order valence-corrected chi connectivity index (χ3v) is 2.39. The predicted octanol–water partition coefficient (Wildman–Crippen LogP) is 0.269. The van der Waals surface area contributed by atoms with Gasteiger partial charge in [-0.1, -0.05) is 20.3 Å². The summed E-state index contributed by atoms with van der Waals surface area (Å²) in [5, 5.41) is 19.5. The van der Waals surface area contributed by atoms with Crippen LogP contribution in [0.3, 0.4) is 0 Å². The van der Waals surface area contributed by atoms with Crippen molar-refractivity contribution in [3.63, 3.8) is 0 Å². The Kier molecular flexibility index (Phi) is 3.58. The molecule has 3 heteroatoms. The molecular weight excluding hydrogens is 139 g/mol. The van der Waals surface area contributed by atoms with E-state index in [1.165, 1.54) is 0 Å². The molecule has 0 aromatic carbocycles. The van der Waals surface area contributed by atoms with Crippen molar-refractivity contribution in [2.45, 2.75) is 51.1 Å². The molecule has 0 heterocycles. The number of aliphatic hydroxyl groups is 2. The highest BCUT2D eigenvalue weighted by Gasteiger charge is 2.38. The summed E-state index contributed by atoms with van der Waals surface area (Å²) >= 11 is 0. The molecule has 0 saturated carbocycles. The molecule has 0 rings (SSSR count). The summed E-state index contributed by atoms with van der Waals surface area (Å²) in [6, 6.07) is 0. The summed E-state index contributed by atoms with van der Waals surface area (Å²) in [5.41, 5.74) is -1.90. The topological polar surface area (TPSA) is 40.5 Å². The average Bonchev–Trinajstić information content (AvgIpc) is 1.86. The lowest BCUT2D eigenvalue weighted by Crippen LogP contribution is -2.52. The molecule has 0 aliphatic carbocycles. The number of hydrogen-bond acceptors (Lipinski definition) is 2. The first-order chi connectivity index (χ1) is 4.87. The van der Waals surface area contributed by atoms with Crippen molar-refractivity contribution < 1.29 is 10.2 Å². The molecule has 0 spiro atoms. The third-order valence-electron chi connectivity index (χ3n) is 2.39. The van der Waals surface area contributed by atoms with Crippen molar-refractivity contribution in [2.75, 3.05) is 0 Å². The minimum atomic E-state index is -0.988. The molecular formula is C8H19BO2. The lowest BCUT2D eigenvalue weighted by atomic mass is 9.67. The molecule has 2 atom stereocenters. The van der Waals surface area contributed by atoms with Gasteiger partial charge in [-0.25, -0.2) is 0 Å². The summed E-state index contributed by atoms with van der Waals surface area (Å²) in [6.45, 7) is 5.56. The third kappa shape index (κ3) is 2.49. The van der Waals surface area contributed by atoms with Gasteiger partial charge in [0.25, 0.3) is 0 Å². The Hall–Kier alpha value is -0.0151. The van der Waals surface area contributed by atoms with Gasteiger partial charge < -0.3 is 10.2 Å². The molecule has 2 unspecified atom stereocenters. The molecule has 0 radical (unpaired) electrons. The molecule has 66 valence electrons. The molecule has 0 aliphatic heterocycles. The number of hydrogen-bond donors (Lipinski definition) is 2. The fourth-order valence-corrected chi connectivity index (χ4v) is 1.33. The highest BCUT2D eigenvalue weighted by Crippen LogP contribution is 2.27. The van der Waals surface area contributed by atoms with Gasteiger partial charge in [-0.2, -0.15) is 0 Å². The van der Waals surface area contributed by atoms with Crippen molar-refractivity contribution >= 4 is 7.85 Å². The summed E-state index contributed by atoms with van der Waals surface area (Å²) < 4.78 is 0. The summed E-state index contributed by atoms with van der Waals surface area (Å²) in [6.07, 6.45) is 2.16. The largest absolute Gasteiger partial charge is 0.396 e. The van der Waals surface area contributed by atoms with Crippen LogP contribution in [0.2, 0.25) is 0 Å². The lowest BCUT2D eigenvalue weighted by molar-refractivity contribution is -0.100. The first-order valence-corrected chi connectivity index (χ1v) is 4.32. The molecule has 0 bridgehead atoms. The fourth-order valence-electron chi connectivity index (χ4n) is 1.33. The van der Waals surface area contributed by atoms with Crippen molar-refractivity contribution in [1.29, 1.82) is 0 Å². The van der Waals surface area contributed by atoms with Crippen LogP contribution in [-0.4, -0.2) is 29.2 Å².